The van der Waals surface area contributed by atoms with Gasteiger partial charge < -0.3 is 14.6 Å². The average molecular weight is 282 g/mol. The first-order chi connectivity index (χ1) is 9.58. The number of alkyl halides is 1. The fourth-order valence-corrected chi connectivity index (χ4v) is 3.05. The molecule has 20 heavy (non-hydrogen) atoms. The van der Waals surface area contributed by atoms with Gasteiger partial charge in [-0.1, -0.05) is 12.8 Å². The fraction of sp³-hybridized carbons (Fsp3) is 0.533. The third kappa shape index (κ3) is 2.21. The predicted molar refractivity (Wildman–Crippen MR) is 72.1 cm³/mol. The molecule has 0 aromatic heterocycles. The molecule has 1 aliphatic carbocycles. The van der Waals surface area contributed by atoms with E-state index in [1.165, 1.54) is 20.3 Å². The van der Waals surface area contributed by atoms with Gasteiger partial charge in [-0.15, -0.1) is 0 Å². The Morgan fingerprint density at radius 3 is 2.25 bits per heavy atom. The van der Waals surface area contributed by atoms with E-state index in [9.17, 15) is 14.3 Å². The van der Waals surface area contributed by atoms with E-state index in [1.54, 1.807) is 6.07 Å². The van der Waals surface area contributed by atoms with Crippen molar-refractivity contribution in [2.45, 2.75) is 37.8 Å². The van der Waals surface area contributed by atoms with E-state index in [1.807, 2.05) is 0 Å². The van der Waals surface area contributed by atoms with Gasteiger partial charge >= 0.3 is 5.97 Å². The number of carboxylic acids is 1. The molecule has 1 aromatic carbocycles. The summed E-state index contributed by atoms with van der Waals surface area (Å²) in [6.07, 6.45) is 2.74. The first-order valence-electron chi connectivity index (χ1n) is 6.64. The van der Waals surface area contributed by atoms with Crippen molar-refractivity contribution in [2.75, 3.05) is 14.2 Å². The van der Waals surface area contributed by atoms with Crippen molar-refractivity contribution in [1.82, 2.24) is 0 Å². The molecule has 1 aromatic rings. The Hall–Kier alpha value is -1.78. The number of methoxy groups -OCH3 is 2. The fourth-order valence-electron chi connectivity index (χ4n) is 3.05. The van der Waals surface area contributed by atoms with Crippen LogP contribution in [-0.4, -0.2) is 25.3 Å². The average Bonchev–Trinajstić information content (AvgIpc) is 2.96. The van der Waals surface area contributed by atoms with Gasteiger partial charge in [0.15, 0.2) is 11.5 Å². The summed E-state index contributed by atoms with van der Waals surface area (Å²) in [6, 6.07) is 3.16. The van der Waals surface area contributed by atoms with E-state index in [0.717, 1.165) is 12.8 Å². The van der Waals surface area contributed by atoms with Crippen LogP contribution in [0.4, 0.5) is 4.39 Å². The number of aliphatic carboxylic acids is 1. The number of carbonyl (C=O) groups is 1. The number of halogens is 1. The second-order valence-corrected chi connectivity index (χ2v) is 5.09. The molecular formula is C15H19FO4. The van der Waals surface area contributed by atoms with Crippen molar-refractivity contribution < 1.29 is 23.8 Å². The normalized spacial score (nSPS) is 16.9. The molecule has 0 bridgehead atoms. The summed E-state index contributed by atoms with van der Waals surface area (Å²) >= 11 is 0. The quantitative estimate of drug-likeness (QED) is 0.901. The van der Waals surface area contributed by atoms with Gasteiger partial charge in [-0.25, -0.2) is 4.39 Å². The van der Waals surface area contributed by atoms with Crippen LogP contribution in [-0.2, 0) is 16.9 Å². The summed E-state index contributed by atoms with van der Waals surface area (Å²) < 4.78 is 23.7. The molecule has 0 heterocycles. The standard InChI is InChI=1S/C15H19FO4/c1-19-12-7-10(9-16)11(8-13(12)20-2)15(14(17)18)5-3-4-6-15/h7-8H,3-6,9H2,1-2H3,(H,17,18). The monoisotopic (exact) mass is 282 g/mol. The van der Waals surface area contributed by atoms with Gasteiger partial charge in [0.1, 0.15) is 6.67 Å². The maximum absolute atomic E-state index is 13.3. The minimum Gasteiger partial charge on any atom is -0.493 e. The topological polar surface area (TPSA) is 55.8 Å². The maximum atomic E-state index is 13.3. The smallest absolute Gasteiger partial charge is 0.314 e. The predicted octanol–water partition coefficient (Wildman–Crippen LogP) is 3.07. The minimum absolute atomic E-state index is 0.368. The number of ether oxygens (including phenoxy) is 2. The molecule has 2 rings (SSSR count). The molecule has 4 nitrogen and oxygen atoms in total. The van der Waals surface area contributed by atoms with E-state index in [-0.39, 0.29) is 0 Å². The summed E-state index contributed by atoms with van der Waals surface area (Å²) in [5.41, 5.74) is -0.115. The lowest BCUT2D eigenvalue weighted by molar-refractivity contribution is -0.143. The molecule has 110 valence electrons. The molecule has 0 saturated heterocycles. The molecule has 5 heteroatoms. The lowest BCUT2D eigenvalue weighted by Crippen LogP contribution is -2.33. The van der Waals surface area contributed by atoms with Gasteiger partial charge in [-0.3, -0.25) is 4.79 Å². The van der Waals surface area contributed by atoms with Crippen LogP contribution in [0.15, 0.2) is 12.1 Å². The number of hydrogen-bond donors (Lipinski definition) is 1. The van der Waals surface area contributed by atoms with Crippen LogP contribution in [0, 0.1) is 0 Å². The Kier molecular flexibility index (Phi) is 4.16. The zero-order valence-corrected chi connectivity index (χ0v) is 11.7. The summed E-state index contributed by atoms with van der Waals surface area (Å²) in [4.78, 5) is 11.8. The van der Waals surface area contributed by atoms with Crippen LogP contribution in [0.1, 0.15) is 36.8 Å². The molecular weight excluding hydrogens is 263 g/mol. The summed E-state index contributed by atoms with van der Waals surface area (Å²) in [7, 11) is 2.96. The number of rotatable bonds is 5. The van der Waals surface area contributed by atoms with Crippen molar-refractivity contribution >= 4 is 5.97 Å². The SMILES string of the molecule is COc1cc(CF)c(C2(C(=O)O)CCCC2)cc1OC. The highest BCUT2D eigenvalue weighted by Crippen LogP contribution is 2.46. The number of benzene rings is 1. The van der Waals surface area contributed by atoms with Crippen molar-refractivity contribution in [3.8, 4) is 11.5 Å². The third-order valence-electron chi connectivity index (χ3n) is 4.14. The highest BCUT2D eigenvalue weighted by atomic mass is 19.1. The summed E-state index contributed by atoms with van der Waals surface area (Å²) in [5.74, 6) is -0.0356. The zero-order valence-electron chi connectivity index (χ0n) is 11.7. The molecule has 0 unspecified atom stereocenters. The highest BCUT2D eigenvalue weighted by Gasteiger charge is 2.44. The largest absolute Gasteiger partial charge is 0.493 e. The van der Waals surface area contributed by atoms with Gasteiger partial charge in [0.25, 0.3) is 0 Å². The first-order valence-corrected chi connectivity index (χ1v) is 6.64. The summed E-state index contributed by atoms with van der Waals surface area (Å²) in [5, 5.41) is 9.63. The molecule has 0 spiro atoms. The molecule has 1 saturated carbocycles. The molecule has 1 N–H and O–H groups in total. The molecule has 0 radical (unpaired) electrons. The van der Waals surface area contributed by atoms with Crippen LogP contribution in [0.2, 0.25) is 0 Å². The van der Waals surface area contributed by atoms with Crippen LogP contribution in [0.5, 0.6) is 11.5 Å². The van der Waals surface area contributed by atoms with Gasteiger partial charge in [-0.2, -0.15) is 0 Å². The highest BCUT2D eigenvalue weighted by molar-refractivity contribution is 5.83. The van der Waals surface area contributed by atoms with Crippen molar-refractivity contribution in [3.63, 3.8) is 0 Å². The lowest BCUT2D eigenvalue weighted by Gasteiger charge is -2.27. The summed E-state index contributed by atoms with van der Waals surface area (Å²) in [6.45, 7) is -0.718. The third-order valence-corrected chi connectivity index (χ3v) is 4.14. The van der Waals surface area contributed by atoms with Crippen molar-refractivity contribution in [2.24, 2.45) is 0 Å². The molecule has 0 atom stereocenters. The van der Waals surface area contributed by atoms with Gasteiger partial charge in [0.2, 0.25) is 0 Å². The van der Waals surface area contributed by atoms with Crippen molar-refractivity contribution in [3.05, 3.63) is 23.3 Å². The Labute approximate surface area is 117 Å². The second-order valence-electron chi connectivity index (χ2n) is 5.09. The van der Waals surface area contributed by atoms with Gasteiger partial charge in [-0.05, 0) is 36.1 Å². The second kappa shape index (κ2) is 5.69. The van der Waals surface area contributed by atoms with E-state index in [0.29, 0.717) is 35.5 Å². The Morgan fingerprint density at radius 1 is 1.25 bits per heavy atom. The van der Waals surface area contributed by atoms with Crippen LogP contribution >= 0.6 is 0 Å². The van der Waals surface area contributed by atoms with Crippen molar-refractivity contribution in [1.29, 1.82) is 0 Å². The Bertz CT molecular complexity index is 507. The Balaban J connectivity index is 2.62. The zero-order chi connectivity index (χ0) is 14.8. The van der Waals surface area contributed by atoms with E-state index in [2.05, 4.69) is 0 Å². The van der Waals surface area contributed by atoms with Crippen LogP contribution in [0.25, 0.3) is 0 Å². The Morgan fingerprint density at radius 2 is 1.80 bits per heavy atom. The van der Waals surface area contributed by atoms with E-state index < -0.39 is 18.1 Å². The first kappa shape index (κ1) is 14.6. The molecule has 0 amide bonds. The molecule has 1 aliphatic rings. The van der Waals surface area contributed by atoms with Gasteiger partial charge in [0, 0.05) is 0 Å². The number of hydrogen-bond acceptors (Lipinski definition) is 3. The van der Waals surface area contributed by atoms with Gasteiger partial charge in [0.05, 0.1) is 19.6 Å². The lowest BCUT2D eigenvalue weighted by atomic mass is 9.76. The molecule has 0 aliphatic heterocycles. The number of carboxylic acid groups (broad SMARTS) is 1. The van der Waals surface area contributed by atoms with E-state index in [4.69, 9.17) is 9.47 Å². The van der Waals surface area contributed by atoms with Crippen LogP contribution in [0.3, 0.4) is 0 Å². The maximum Gasteiger partial charge on any atom is 0.314 e. The minimum atomic E-state index is -0.999. The van der Waals surface area contributed by atoms with Crippen LogP contribution < -0.4 is 9.47 Å². The van der Waals surface area contributed by atoms with E-state index >= 15 is 0 Å². The molecule has 1 fully saturated rings.